The van der Waals surface area contributed by atoms with E-state index in [2.05, 4.69) is 23.7 Å². The van der Waals surface area contributed by atoms with E-state index >= 15 is 0 Å². The van der Waals surface area contributed by atoms with Gasteiger partial charge in [-0.2, -0.15) is 0 Å². The van der Waals surface area contributed by atoms with Gasteiger partial charge in [-0.3, -0.25) is 0 Å². The van der Waals surface area contributed by atoms with Crippen molar-refractivity contribution < 1.29 is 60.5 Å². The van der Waals surface area contributed by atoms with Gasteiger partial charge in [0.1, 0.15) is 66.6 Å². The summed E-state index contributed by atoms with van der Waals surface area (Å²) in [6, 6.07) is 10.2. The average molecular weight is 599 g/mol. The third-order valence-electron chi connectivity index (χ3n) is 8.20. The fourth-order valence-corrected chi connectivity index (χ4v) is 5.72. The maximum atomic E-state index is 11.9. The molecule has 3 aliphatic rings. The molecule has 2 aromatic carbocycles. The van der Waals surface area contributed by atoms with Crippen LogP contribution in [0.15, 0.2) is 36.4 Å². The first-order valence-electron chi connectivity index (χ1n) is 13.8. The van der Waals surface area contributed by atoms with Gasteiger partial charge in [0.05, 0.1) is 13.2 Å². The Hall–Kier alpha value is -2.92. The molecule has 8 unspecified atom stereocenters. The Bertz CT molecular complexity index is 1350. The Kier molecular flexibility index (Phi) is 9.23. The van der Waals surface area contributed by atoms with Gasteiger partial charge in [0.15, 0.2) is 0 Å². The topological polar surface area (TPSA) is 221 Å². The number of aliphatic hydroxyl groups is 10. The molecule has 2 aliphatic heterocycles. The molecule has 10 N–H and O–H groups in total. The lowest BCUT2D eigenvalue weighted by molar-refractivity contribution is -0.214. The van der Waals surface area contributed by atoms with Crippen molar-refractivity contribution >= 4 is 0 Å². The van der Waals surface area contributed by atoms with Crippen molar-refractivity contribution in [3.63, 3.8) is 0 Å². The molecule has 0 bridgehead atoms. The van der Waals surface area contributed by atoms with Crippen LogP contribution < -0.4 is 0 Å². The Morgan fingerprint density at radius 2 is 1.02 bits per heavy atom. The van der Waals surface area contributed by atoms with Crippen molar-refractivity contribution in [2.75, 3.05) is 19.8 Å². The van der Waals surface area contributed by atoms with Gasteiger partial charge < -0.3 is 60.5 Å². The van der Waals surface area contributed by atoms with Crippen molar-refractivity contribution in [3.8, 4) is 34.8 Å². The van der Waals surface area contributed by atoms with Crippen LogP contribution in [0.3, 0.4) is 0 Å². The third-order valence-corrected chi connectivity index (χ3v) is 8.20. The summed E-state index contributed by atoms with van der Waals surface area (Å²) in [6.07, 6.45) is -13.8. The van der Waals surface area contributed by atoms with Gasteiger partial charge in [0.2, 0.25) is 0 Å². The first-order valence-corrected chi connectivity index (χ1v) is 13.8. The largest absolute Gasteiger partial charge is 0.396 e. The number of hydrogen-bond donors (Lipinski definition) is 10. The zero-order valence-electron chi connectivity index (χ0n) is 22.9. The highest BCUT2D eigenvalue weighted by Gasteiger charge is 2.44. The molecule has 1 aliphatic carbocycles. The molecule has 12 nitrogen and oxygen atoms in total. The summed E-state index contributed by atoms with van der Waals surface area (Å²) >= 11 is 0. The predicted molar refractivity (Wildman–Crippen MR) is 148 cm³/mol. The Labute approximate surface area is 247 Å². The quantitative estimate of drug-likeness (QED) is 0.156. The summed E-state index contributed by atoms with van der Waals surface area (Å²) in [5, 5.41) is 101. The molecule has 230 valence electrons. The van der Waals surface area contributed by atoms with Crippen molar-refractivity contribution in [2.45, 2.75) is 73.1 Å². The smallest absolute Gasteiger partial charge is 0.147 e. The third kappa shape index (κ3) is 5.70. The summed E-state index contributed by atoms with van der Waals surface area (Å²) in [6.45, 7) is -1.51. The number of rotatable bonds is 4. The SMILES string of the molecule is OCCC1(O)c2cc(C#CC3OC(CO)[C@@H](O)C(O)C3O)ccc2-c2ccc(C#CC3OC(CO)[C@@H](O)C(O)C3O)cc21. The summed E-state index contributed by atoms with van der Waals surface area (Å²) in [5.41, 5.74) is 1.56. The van der Waals surface area contributed by atoms with Crippen LogP contribution in [-0.4, -0.2) is 132 Å². The van der Waals surface area contributed by atoms with E-state index in [-0.39, 0.29) is 13.0 Å². The number of aliphatic hydroxyl groups excluding tert-OH is 9. The van der Waals surface area contributed by atoms with Gasteiger partial charge in [0, 0.05) is 24.2 Å². The van der Waals surface area contributed by atoms with Gasteiger partial charge in [-0.15, -0.1) is 0 Å². The highest BCUT2D eigenvalue weighted by Crippen LogP contribution is 2.49. The number of hydrogen-bond acceptors (Lipinski definition) is 12. The molecule has 0 radical (unpaired) electrons. The standard InChI is InChI=1S/C31H34O12/c32-10-9-31(41)19-11-15(3-7-21-25(35)29(39)27(37)23(13-33)42-21)1-5-17(19)18-6-2-16(12-20(18)31)4-8-22-26(36)30(40)28(38)24(14-34)43-22/h1-2,5-6,11-12,21-30,32-41H,9-10,13-14H2/t21?,22?,23?,24?,25?,26?,27-,28-,29?,30?,31?/m1/s1. The fourth-order valence-electron chi connectivity index (χ4n) is 5.72. The average Bonchev–Trinajstić information content (AvgIpc) is 3.25. The van der Waals surface area contributed by atoms with Crippen LogP contribution in [0.4, 0.5) is 0 Å². The summed E-state index contributed by atoms with van der Waals surface area (Å²) < 4.78 is 10.9. The fraction of sp³-hybridized carbons (Fsp3) is 0.484. The van der Waals surface area contributed by atoms with Crippen molar-refractivity contribution in [3.05, 3.63) is 58.7 Å². The van der Waals surface area contributed by atoms with Crippen LogP contribution in [0, 0.1) is 23.7 Å². The second-order valence-corrected chi connectivity index (χ2v) is 10.9. The second kappa shape index (κ2) is 12.6. The lowest BCUT2D eigenvalue weighted by Gasteiger charge is -2.37. The van der Waals surface area contributed by atoms with Crippen LogP contribution in [-0.2, 0) is 15.1 Å². The van der Waals surface area contributed by atoms with Crippen LogP contribution in [0.2, 0.25) is 0 Å². The molecule has 0 saturated carbocycles. The van der Waals surface area contributed by atoms with Crippen molar-refractivity contribution in [1.82, 2.24) is 0 Å². The minimum Gasteiger partial charge on any atom is -0.396 e. The van der Waals surface area contributed by atoms with E-state index in [9.17, 15) is 51.1 Å². The first kappa shape index (κ1) is 31.5. The Balaban J connectivity index is 1.44. The van der Waals surface area contributed by atoms with Gasteiger partial charge in [-0.05, 0) is 46.5 Å². The van der Waals surface area contributed by atoms with Gasteiger partial charge in [-0.1, -0.05) is 35.8 Å². The second-order valence-electron chi connectivity index (χ2n) is 10.9. The summed E-state index contributed by atoms with van der Waals surface area (Å²) in [4.78, 5) is 0. The molecule has 0 amide bonds. The van der Waals surface area contributed by atoms with Gasteiger partial charge in [-0.25, -0.2) is 0 Å². The first-order chi connectivity index (χ1) is 20.5. The minimum absolute atomic E-state index is 0.0554. The molecule has 2 saturated heterocycles. The molecular weight excluding hydrogens is 564 g/mol. The van der Waals surface area contributed by atoms with Crippen LogP contribution >= 0.6 is 0 Å². The molecule has 2 aromatic rings. The molecule has 0 aromatic heterocycles. The van der Waals surface area contributed by atoms with Crippen molar-refractivity contribution in [2.24, 2.45) is 0 Å². The van der Waals surface area contributed by atoms with Gasteiger partial charge >= 0.3 is 0 Å². The van der Waals surface area contributed by atoms with E-state index in [1.807, 2.05) is 0 Å². The van der Waals surface area contributed by atoms with Crippen LogP contribution in [0.1, 0.15) is 28.7 Å². The summed E-state index contributed by atoms with van der Waals surface area (Å²) in [7, 11) is 0. The van der Waals surface area contributed by atoms with E-state index in [1.165, 1.54) is 0 Å². The number of ether oxygens (including phenoxy) is 2. The highest BCUT2D eigenvalue weighted by molar-refractivity contribution is 5.81. The molecule has 2 fully saturated rings. The number of benzene rings is 2. The lowest BCUT2D eigenvalue weighted by Crippen LogP contribution is -2.58. The molecule has 12 heteroatoms. The predicted octanol–water partition coefficient (Wildman–Crippen LogP) is -3.33. The maximum absolute atomic E-state index is 11.9. The molecule has 43 heavy (non-hydrogen) atoms. The van der Waals surface area contributed by atoms with E-state index in [0.717, 1.165) is 0 Å². The Morgan fingerprint density at radius 1 is 0.605 bits per heavy atom. The molecule has 2 heterocycles. The van der Waals surface area contributed by atoms with Gasteiger partial charge in [0.25, 0.3) is 0 Å². The monoisotopic (exact) mass is 598 g/mol. The maximum Gasteiger partial charge on any atom is 0.147 e. The molecular formula is C31H34O12. The molecule has 10 atom stereocenters. The van der Waals surface area contributed by atoms with Crippen LogP contribution in [0.25, 0.3) is 11.1 Å². The normalized spacial score (nSPS) is 36.5. The van der Waals surface area contributed by atoms with E-state index in [4.69, 9.17) is 9.47 Å². The summed E-state index contributed by atoms with van der Waals surface area (Å²) in [5.74, 6) is 11.1. The number of fused-ring (bicyclic) bond motifs is 3. The lowest BCUT2D eigenvalue weighted by atomic mass is 9.87. The van der Waals surface area contributed by atoms with E-state index < -0.39 is 79.9 Å². The Morgan fingerprint density at radius 3 is 1.40 bits per heavy atom. The van der Waals surface area contributed by atoms with E-state index in [1.54, 1.807) is 36.4 Å². The molecule has 0 spiro atoms. The van der Waals surface area contributed by atoms with Crippen LogP contribution in [0.5, 0.6) is 0 Å². The zero-order chi connectivity index (χ0) is 31.1. The molecule has 5 rings (SSSR count). The highest BCUT2D eigenvalue weighted by atomic mass is 16.5. The minimum atomic E-state index is -1.62. The zero-order valence-corrected chi connectivity index (χ0v) is 22.9. The van der Waals surface area contributed by atoms with Crippen molar-refractivity contribution in [1.29, 1.82) is 0 Å². The van der Waals surface area contributed by atoms with E-state index in [0.29, 0.717) is 33.4 Å².